The molecule has 0 bridgehead atoms. The molecule has 0 aliphatic carbocycles. The van der Waals surface area contributed by atoms with Crippen molar-refractivity contribution in [1.82, 2.24) is 0 Å². The summed E-state index contributed by atoms with van der Waals surface area (Å²) in [6.07, 6.45) is 4.14. The molecule has 3 rings (SSSR count). The fourth-order valence-corrected chi connectivity index (χ4v) is 2.36. The summed E-state index contributed by atoms with van der Waals surface area (Å²) in [5.41, 5.74) is 1.84. The molecule has 0 saturated heterocycles. The molecule has 0 unspecified atom stereocenters. The zero-order valence-corrected chi connectivity index (χ0v) is 12.6. The molecule has 0 radical (unpaired) electrons. The zero-order valence-electron chi connectivity index (χ0n) is 11.8. The van der Waals surface area contributed by atoms with Crippen molar-refractivity contribution in [1.29, 1.82) is 0 Å². The highest BCUT2D eigenvalue weighted by molar-refractivity contribution is 7.58. The van der Waals surface area contributed by atoms with Crippen molar-refractivity contribution in [2.24, 2.45) is 8.73 Å². The molecule has 0 spiro atoms. The topological polar surface area (TPSA) is 93.3 Å². The standard InChI is InChI=1S/C15H11N3O4S/c19-13(9-22-14(20)7-6-10-3-2-8-21-10)16-11-4-1-5-12-15(11)18-23-17-12/h1-8H,9H2,(H,16,19)/b7-6+. The molecule has 1 aromatic carbocycles. The summed E-state index contributed by atoms with van der Waals surface area (Å²) in [4.78, 5) is 23.4. The number of rotatable bonds is 5. The van der Waals surface area contributed by atoms with Gasteiger partial charge in [-0.15, -0.1) is 0 Å². The number of carbonyl (C=O) groups excluding carboxylic acids is 2. The predicted molar refractivity (Wildman–Crippen MR) is 85.3 cm³/mol. The monoisotopic (exact) mass is 329 g/mol. The van der Waals surface area contributed by atoms with E-state index in [9.17, 15) is 9.59 Å². The minimum atomic E-state index is -0.634. The molecule has 1 aliphatic rings. The Balaban J connectivity index is 1.51. The fraction of sp³-hybridized carbons (Fsp3) is 0.0667. The van der Waals surface area contributed by atoms with Crippen LogP contribution in [-0.2, 0) is 25.7 Å². The second-order valence-electron chi connectivity index (χ2n) is 4.44. The van der Waals surface area contributed by atoms with Gasteiger partial charge in [-0.2, -0.15) is 8.73 Å². The molecular weight excluding hydrogens is 318 g/mol. The van der Waals surface area contributed by atoms with E-state index in [-0.39, 0.29) is 0 Å². The van der Waals surface area contributed by atoms with E-state index in [4.69, 9.17) is 9.15 Å². The van der Waals surface area contributed by atoms with Crippen LogP contribution in [0.3, 0.4) is 0 Å². The van der Waals surface area contributed by atoms with Crippen LogP contribution in [0.25, 0.3) is 6.08 Å². The molecule has 2 aromatic rings. The molecule has 2 heterocycles. The van der Waals surface area contributed by atoms with E-state index < -0.39 is 18.5 Å². The van der Waals surface area contributed by atoms with Crippen molar-refractivity contribution in [3.8, 4) is 0 Å². The summed E-state index contributed by atoms with van der Waals surface area (Å²) in [6.45, 7) is -0.394. The fourth-order valence-electron chi connectivity index (χ4n) is 1.81. The number of fused-ring (bicyclic) bond motifs is 1. The van der Waals surface area contributed by atoms with E-state index in [1.165, 1.54) is 18.4 Å². The number of nitrogens with zero attached hydrogens (tertiary/aromatic N) is 2. The van der Waals surface area contributed by atoms with E-state index in [1.807, 2.05) is 0 Å². The molecule has 1 aliphatic heterocycles. The molecule has 7 nitrogen and oxygen atoms in total. The van der Waals surface area contributed by atoms with Crippen molar-refractivity contribution < 1.29 is 18.7 Å². The lowest BCUT2D eigenvalue weighted by Gasteiger charge is -2.07. The SMILES string of the molecule is O=C(COC(=O)/C=C/c1ccco1)Nc1cccc2c1N=S=N2. The number of hydrogen-bond donors (Lipinski definition) is 1. The molecule has 0 saturated carbocycles. The van der Waals surface area contributed by atoms with Crippen molar-refractivity contribution >= 4 is 46.4 Å². The van der Waals surface area contributed by atoms with Gasteiger partial charge in [0.25, 0.3) is 5.91 Å². The summed E-state index contributed by atoms with van der Waals surface area (Å²) in [5, 5.41) is 2.64. The van der Waals surface area contributed by atoms with Crippen LogP contribution >= 0.6 is 0 Å². The van der Waals surface area contributed by atoms with E-state index in [2.05, 4.69) is 14.0 Å². The summed E-state index contributed by atoms with van der Waals surface area (Å²) in [6, 6.07) is 8.66. The van der Waals surface area contributed by atoms with Crippen LogP contribution < -0.4 is 5.32 Å². The Bertz CT molecular complexity index is 836. The van der Waals surface area contributed by atoms with E-state index in [0.29, 0.717) is 22.8 Å². The first kappa shape index (κ1) is 14.9. The zero-order chi connectivity index (χ0) is 16.1. The Kier molecular flexibility index (Phi) is 4.44. The van der Waals surface area contributed by atoms with Gasteiger partial charge in [-0.05, 0) is 30.3 Å². The number of benzene rings is 1. The van der Waals surface area contributed by atoms with Gasteiger partial charge in [0, 0.05) is 6.08 Å². The third-order valence-corrected chi connectivity index (χ3v) is 3.38. The van der Waals surface area contributed by atoms with Gasteiger partial charge in [0.1, 0.15) is 17.1 Å². The Morgan fingerprint density at radius 3 is 3.00 bits per heavy atom. The summed E-state index contributed by atoms with van der Waals surface area (Å²) in [5.74, 6) is -0.565. The lowest BCUT2D eigenvalue weighted by Crippen LogP contribution is -2.20. The highest BCUT2D eigenvalue weighted by Crippen LogP contribution is 2.38. The highest BCUT2D eigenvalue weighted by Gasteiger charge is 2.13. The maximum Gasteiger partial charge on any atom is 0.331 e. The normalized spacial score (nSPS) is 12.0. The number of carbonyl (C=O) groups is 2. The van der Waals surface area contributed by atoms with E-state index in [0.717, 1.165) is 11.4 Å². The lowest BCUT2D eigenvalue weighted by molar-refractivity contribution is -0.142. The molecule has 23 heavy (non-hydrogen) atoms. The lowest BCUT2D eigenvalue weighted by atomic mass is 10.2. The molecule has 0 fully saturated rings. The molecule has 1 amide bonds. The average molecular weight is 329 g/mol. The summed E-state index contributed by atoms with van der Waals surface area (Å²) < 4.78 is 18.1. The second kappa shape index (κ2) is 6.84. The molecular formula is C15H11N3O4S. The molecule has 1 N–H and O–H groups in total. The first-order valence-corrected chi connectivity index (χ1v) is 7.35. The quantitative estimate of drug-likeness (QED) is 0.574. The number of anilines is 1. The minimum Gasteiger partial charge on any atom is -0.465 e. The van der Waals surface area contributed by atoms with Crippen LogP contribution in [0.1, 0.15) is 5.76 Å². The number of amides is 1. The first-order chi connectivity index (χ1) is 11.2. The van der Waals surface area contributed by atoms with Gasteiger partial charge in [0.05, 0.1) is 23.3 Å². The Labute approximate surface area is 134 Å². The van der Waals surface area contributed by atoms with E-state index in [1.54, 1.807) is 30.3 Å². The number of esters is 1. The molecule has 1 aromatic heterocycles. The largest absolute Gasteiger partial charge is 0.465 e. The van der Waals surface area contributed by atoms with Crippen LogP contribution in [0.2, 0.25) is 0 Å². The van der Waals surface area contributed by atoms with Crippen LogP contribution in [0.5, 0.6) is 0 Å². The third kappa shape index (κ3) is 3.80. The van der Waals surface area contributed by atoms with Crippen molar-refractivity contribution in [2.45, 2.75) is 0 Å². The van der Waals surface area contributed by atoms with Crippen molar-refractivity contribution in [2.75, 3.05) is 11.9 Å². The average Bonchev–Trinajstić information content (AvgIpc) is 3.22. The van der Waals surface area contributed by atoms with Gasteiger partial charge in [-0.25, -0.2) is 4.79 Å². The maximum absolute atomic E-state index is 11.8. The van der Waals surface area contributed by atoms with Gasteiger partial charge in [0.15, 0.2) is 6.61 Å². The van der Waals surface area contributed by atoms with Crippen molar-refractivity contribution in [3.63, 3.8) is 0 Å². The number of nitrogens with one attached hydrogen (secondary N) is 1. The minimum absolute atomic E-state index is 0.394. The molecule has 8 heteroatoms. The summed E-state index contributed by atoms with van der Waals surface area (Å²) >= 11 is 1.06. The molecule has 116 valence electrons. The van der Waals surface area contributed by atoms with Gasteiger partial charge >= 0.3 is 5.97 Å². The number of hydrogen-bond acceptors (Lipinski definition) is 6. The summed E-state index contributed by atoms with van der Waals surface area (Å²) in [7, 11) is 0. The Hall–Kier alpha value is -3.00. The van der Waals surface area contributed by atoms with E-state index >= 15 is 0 Å². The number of ether oxygens (including phenoxy) is 1. The highest BCUT2D eigenvalue weighted by atomic mass is 32.1. The van der Waals surface area contributed by atoms with Crippen LogP contribution in [0, 0.1) is 0 Å². The smallest absolute Gasteiger partial charge is 0.331 e. The Morgan fingerprint density at radius 2 is 2.17 bits per heavy atom. The maximum atomic E-state index is 11.8. The van der Waals surface area contributed by atoms with Crippen LogP contribution in [-0.4, -0.2) is 18.5 Å². The Morgan fingerprint density at radius 1 is 1.26 bits per heavy atom. The predicted octanol–water partition coefficient (Wildman–Crippen LogP) is 3.20. The first-order valence-electron chi connectivity index (χ1n) is 6.62. The molecule has 0 atom stereocenters. The van der Waals surface area contributed by atoms with Gasteiger partial charge in [-0.3, -0.25) is 4.79 Å². The van der Waals surface area contributed by atoms with Crippen molar-refractivity contribution in [3.05, 3.63) is 48.4 Å². The number of furan rings is 1. The van der Waals surface area contributed by atoms with Gasteiger partial charge in [0.2, 0.25) is 0 Å². The second-order valence-corrected chi connectivity index (χ2v) is 4.97. The van der Waals surface area contributed by atoms with Crippen LogP contribution in [0.15, 0.2) is 55.8 Å². The van der Waals surface area contributed by atoms with Crippen LogP contribution in [0.4, 0.5) is 17.1 Å². The third-order valence-electron chi connectivity index (χ3n) is 2.83. The van der Waals surface area contributed by atoms with Gasteiger partial charge < -0.3 is 14.5 Å². The van der Waals surface area contributed by atoms with Gasteiger partial charge in [-0.1, -0.05) is 6.07 Å².